The van der Waals surface area contributed by atoms with Crippen LogP contribution in [0.25, 0.3) is 0 Å². The predicted octanol–water partition coefficient (Wildman–Crippen LogP) is 1.86. The van der Waals surface area contributed by atoms with Crippen LogP contribution in [0.2, 0.25) is 0 Å². The Labute approximate surface area is 65.2 Å². The Morgan fingerprint density at radius 3 is 2.82 bits per heavy atom. The maximum Gasteiger partial charge on any atom is 0.123 e. The molecular weight excluding hydrogens is 141 g/mol. The van der Waals surface area contributed by atoms with Gasteiger partial charge < -0.3 is 5.32 Å². The Hall–Kier alpha value is -0.890. The first-order chi connectivity index (χ1) is 5.36. The lowest BCUT2D eigenvalue weighted by Crippen LogP contribution is -2.34. The highest BCUT2D eigenvalue weighted by Crippen LogP contribution is 2.22. The van der Waals surface area contributed by atoms with Crippen molar-refractivity contribution in [3.05, 3.63) is 35.6 Å². The molecular formula is C9H10FN. The lowest BCUT2D eigenvalue weighted by molar-refractivity contribution is 0.382. The molecule has 1 aliphatic heterocycles. The molecule has 1 atom stereocenters. The zero-order chi connectivity index (χ0) is 7.68. The normalized spacial score (nSPS) is 22.8. The molecule has 1 aromatic carbocycles. The second-order valence-electron chi connectivity index (χ2n) is 2.85. The highest BCUT2D eigenvalue weighted by Gasteiger charge is 2.17. The van der Waals surface area contributed by atoms with E-state index in [-0.39, 0.29) is 5.82 Å². The summed E-state index contributed by atoms with van der Waals surface area (Å²) in [5.74, 6) is -0.142. The van der Waals surface area contributed by atoms with Gasteiger partial charge in [-0.25, -0.2) is 4.39 Å². The van der Waals surface area contributed by atoms with Gasteiger partial charge in [-0.3, -0.25) is 0 Å². The van der Waals surface area contributed by atoms with Gasteiger partial charge in [0.1, 0.15) is 5.82 Å². The summed E-state index contributed by atoms with van der Waals surface area (Å²) >= 11 is 0. The van der Waals surface area contributed by atoms with Crippen molar-refractivity contribution in [2.24, 2.45) is 0 Å². The van der Waals surface area contributed by atoms with Gasteiger partial charge in [-0.05, 0) is 30.7 Å². The Morgan fingerprint density at radius 2 is 2.27 bits per heavy atom. The van der Waals surface area contributed by atoms with Crippen molar-refractivity contribution >= 4 is 0 Å². The molecule has 1 aliphatic rings. The van der Waals surface area contributed by atoms with Gasteiger partial charge >= 0.3 is 0 Å². The Morgan fingerprint density at radius 1 is 1.45 bits per heavy atom. The van der Waals surface area contributed by atoms with Crippen molar-refractivity contribution in [2.75, 3.05) is 6.54 Å². The first-order valence-electron chi connectivity index (χ1n) is 3.85. The second kappa shape index (κ2) is 2.62. The van der Waals surface area contributed by atoms with Gasteiger partial charge in [0.15, 0.2) is 0 Å². The third-order valence-electron chi connectivity index (χ3n) is 2.07. The van der Waals surface area contributed by atoms with Gasteiger partial charge in [0.25, 0.3) is 0 Å². The van der Waals surface area contributed by atoms with E-state index in [1.807, 2.05) is 6.07 Å². The first-order valence-corrected chi connectivity index (χ1v) is 3.85. The van der Waals surface area contributed by atoms with E-state index < -0.39 is 0 Å². The van der Waals surface area contributed by atoms with Crippen LogP contribution < -0.4 is 5.32 Å². The van der Waals surface area contributed by atoms with Crippen LogP contribution in [0.15, 0.2) is 24.3 Å². The van der Waals surface area contributed by atoms with Crippen molar-refractivity contribution in [1.82, 2.24) is 5.32 Å². The van der Waals surface area contributed by atoms with E-state index in [0.717, 1.165) is 18.5 Å². The van der Waals surface area contributed by atoms with Crippen LogP contribution in [0.3, 0.4) is 0 Å². The number of nitrogens with one attached hydrogen (secondary N) is 1. The lowest BCUT2D eigenvalue weighted by atomic mass is 9.98. The summed E-state index contributed by atoms with van der Waals surface area (Å²) in [6.45, 7) is 1.06. The maximum absolute atomic E-state index is 12.7. The van der Waals surface area contributed by atoms with Crippen molar-refractivity contribution in [3.8, 4) is 0 Å². The highest BCUT2D eigenvalue weighted by molar-refractivity contribution is 5.21. The maximum atomic E-state index is 12.7. The summed E-state index contributed by atoms with van der Waals surface area (Å²) in [6.07, 6.45) is 1.13. The van der Waals surface area contributed by atoms with Crippen LogP contribution in [-0.4, -0.2) is 6.54 Å². The predicted molar refractivity (Wildman–Crippen MR) is 41.8 cm³/mol. The van der Waals surface area contributed by atoms with Gasteiger partial charge in [-0.1, -0.05) is 12.1 Å². The van der Waals surface area contributed by atoms with Crippen molar-refractivity contribution in [2.45, 2.75) is 12.5 Å². The Bertz CT molecular complexity index is 255. The zero-order valence-electron chi connectivity index (χ0n) is 6.18. The summed E-state index contributed by atoms with van der Waals surface area (Å²) in [5.41, 5.74) is 1.07. The first kappa shape index (κ1) is 6.80. The molecule has 0 spiro atoms. The minimum absolute atomic E-state index is 0.142. The van der Waals surface area contributed by atoms with E-state index >= 15 is 0 Å². The van der Waals surface area contributed by atoms with Crippen LogP contribution in [0, 0.1) is 5.82 Å². The molecule has 0 saturated carbocycles. The minimum Gasteiger partial charge on any atom is -0.310 e. The average molecular weight is 151 g/mol. The molecule has 0 amide bonds. The SMILES string of the molecule is Fc1cccc(C2CCN2)c1. The fourth-order valence-corrected chi connectivity index (χ4v) is 1.30. The van der Waals surface area contributed by atoms with Gasteiger partial charge in [0.05, 0.1) is 0 Å². The van der Waals surface area contributed by atoms with Crippen molar-refractivity contribution in [1.29, 1.82) is 0 Å². The quantitative estimate of drug-likeness (QED) is 0.646. The highest BCUT2D eigenvalue weighted by atomic mass is 19.1. The van der Waals surface area contributed by atoms with E-state index in [1.165, 1.54) is 6.07 Å². The number of hydrogen-bond donors (Lipinski definition) is 1. The molecule has 1 heterocycles. The van der Waals surface area contributed by atoms with Crippen LogP contribution in [-0.2, 0) is 0 Å². The van der Waals surface area contributed by atoms with Gasteiger partial charge in [0.2, 0.25) is 0 Å². The van der Waals surface area contributed by atoms with Crippen molar-refractivity contribution in [3.63, 3.8) is 0 Å². The topological polar surface area (TPSA) is 12.0 Å². The van der Waals surface area contributed by atoms with E-state index in [2.05, 4.69) is 5.32 Å². The van der Waals surface area contributed by atoms with Crippen LogP contribution >= 0.6 is 0 Å². The summed E-state index contributed by atoms with van der Waals surface area (Å²) in [7, 11) is 0. The second-order valence-corrected chi connectivity index (χ2v) is 2.85. The molecule has 1 fully saturated rings. The summed E-state index contributed by atoms with van der Waals surface area (Å²) in [6, 6.07) is 7.18. The van der Waals surface area contributed by atoms with E-state index in [9.17, 15) is 4.39 Å². The largest absolute Gasteiger partial charge is 0.310 e. The lowest BCUT2D eigenvalue weighted by Gasteiger charge is -2.27. The number of benzene rings is 1. The molecule has 0 aliphatic carbocycles. The Balaban J connectivity index is 2.23. The summed E-state index contributed by atoms with van der Waals surface area (Å²) in [4.78, 5) is 0. The molecule has 1 unspecified atom stereocenters. The van der Waals surface area contributed by atoms with E-state index in [0.29, 0.717) is 6.04 Å². The molecule has 0 radical (unpaired) electrons. The smallest absolute Gasteiger partial charge is 0.123 e. The molecule has 11 heavy (non-hydrogen) atoms. The molecule has 0 aromatic heterocycles. The molecule has 1 N–H and O–H groups in total. The summed E-state index contributed by atoms with van der Waals surface area (Å²) in [5, 5.41) is 3.22. The van der Waals surface area contributed by atoms with Crippen LogP contribution in [0.4, 0.5) is 4.39 Å². The standard InChI is InChI=1S/C9H10FN/c10-8-3-1-2-7(6-8)9-4-5-11-9/h1-3,6,9,11H,4-5H2. The third-order valence-corrected chi connectivity index (χ3v) is 2.07. The number of rotatable bonds is 1. The van der Waals surface area contributed by atoms with Crippen LogP contribution in [0.5, 0.6) is 0 Å². The zero-order valence-corrected chi connectivity index (χ0v) is 6.18. The van der Waals surface area contributed by atoms with E-state index in [4.69, 9.17) is 0 Å². The molecule has 1 saturated heterocycles. The van der Waals surface area contributed by atoms with Gasteiger partial charge in [0, 0.05) is 6.04 Å². The minimum atomic E-state index is -0.142. The van der Waals surface area contributed by atoms with Crippen molar-refractivity contribution < 1.29 is 4.39 Å². The summed E-state index contributed by atoms with van der Waals surface area (Å²) < 4.78 is 12.7. The van der Waals surface area contributed by atoms with E-state index in [1.54, 1.807) is 12.1 Å². The molecule has 1 aromatic rings. The molecule has 2 heteroatoms. The van der Waals surface area contributed by atoms with Gasteiger partial charge in [-0.2, -0.15) is 0 Å². The number of hydrogen-bond acceptors (Lipinski definition) is 1. The molecule has 2 rings (SSSR count). The molecule has 1 nitrogen and oxygen atoms in total. The fourth-order valence-electron chi connectivity index (χ4n) is 1.30. The van der Waals surface area contributed by atoms with Gasteiger partial charge in [-0.15, -0.1) is 0 Å². The molecule has 0 bridgehead atoms. The monoisotopic (exact) mass is 151 g/mol. The average Bonchev–Trinajstić information content (AvgIpc) is 1.83. The van der Waals surface area contributed by atoms with Crippen LogP contribution in [0.1, 0.15) is 18.0 Å². The molecule has 58 valence electrons. The third kappa shape index (κ3) is 1.26. The fraction of sp³-hybridized carbons (Fsp3) is 0.333. The number of halogens is 1. The Kier molecular flexibility index (Phi) is 1.62.